The fourth-order valence-corrected chi connectivity index (χ4v) is 4.99. The summed E-state index contributed by atoms with van der Waals surface area (Å²) >= 11 is 0. The molecule has 0 amide bonds. The lowest BCUT2D eigenvalue weighted by Crippen LogP contribution is -2.35. The number of aromatic nitrogens is 3. The summed E-state index contributed by atoms with van der Waals surface area (Å²) in [4.78, 5) is 37.8. The summed E-state index contributed by atoms with van der Waals surface area (Å²) in [5.74, 6) is -4.25. The standard InChI is InChI=1S/C28H24FN3O5/c29-21-12-9-19(10-13-21)18-7-5-17(6-8-18)16-37-28(36)23-14-11-20(25(23)27(34)35)15-32-26(33)22-3-1-2-4-24(22)30-31-32/h1-10,12-13,20,23,25H,11,14-16H2,(H,34,35)/t20-,23-,25+/m0/s1. The van der Waals surface area contributed by atoms with Crippen LogP contribution in [0.5, 0.6) is 0 Å². The van der Waals surface area contributed by atoms with Crippen LogP contribution >= 0.6 is 0 Å². The molecule has 0 unspecified atom stereocenters. The number of carbonyl (C=O) groups is 2. The Morgan fingerprint density at radius 3 is 2.35 bits per heavy atom. The second kappa shape index (κ2) is 10.3. The number of hydrogen-bond donors (Lipinski definition) is 1. The SMILES string of the molecule is O=C(O)[C@@H]1[C@H](Cn2nnc3ccccc3c2=O)CC[C@@H]1C(=O)OCc1ccc(-c2ccc(F)cc2)cc1. The Balaban J connectivity index is 1.24. The number of carboxylic acids is 1. The summed E-state index contributed by atoms with van der Waals surface area (Å²) in [6.45, 7) is 0.0634. The maximum absolute atomic E-state index is 13.1. The van der Waals surface area contributed by atoms with Crippen LogP contribution < -0.4 is 5.56 Å². The topological polar surface area (TPSA) is 111 Å². The summed E-state index contributed by atoms with van der Waals surface area (Å²) in [6.07, 6.45) is 0.795. The van der Waals surface area contributed by atoms with Crippen LogP contribution in [-0.2, 0) is 27.5 Å². The normalized spacial score (nSPS) is 19.1. The van der Waals surface area contributed by atoms with Crippen molar-refractivity contribution in [2.45, 2.75) is 26.0 Å². The van der Waals surface area contributed by atoms with E-state index in [0.717, 1.165) is 16.7 Å². The predicted octanol–water partition coefficient (Wildman–Crippen LogP) is 4.07. The number of esters is 1. The molecule has 0 bridgehead atoms. The highest BCUT2D eigenvalue weighted by molar-refractivity contribution is 5.82. The molecule has 0 saturated heterocycles. The van der Waals surface area contributed by atoms with E-state index in [1.807, 2.05) is 24.3 Å². The average Bonchev–Trinajstić information content (AvgIpc) is 3.34. The molecule has 0 spiro atoms. The van der Waals surface area contributed by atoms with Gasteiger partial charge in [0.15, 0.2) is 0 Å². The predicted molar refractivity (Wildman–Crippen MR) is 133 cm³/mol. The van der Waals surface area contributed by atoms with Crippen LogP contribution in [0.1, 0.15) is 18.4 Å². The number of carboxylic acid groups (broad SMARTS) is 1. The molecule has 3 atom stereocenters. The Bertz CT molecular complexity index is 1500. The molecule has 0 aliphatic heterocycles. The first-order valence-electron chi connectivity index (χ1n) is 12.0. The van der Waals surface area contributed by atoms with Crippen molar-refractivity contribution in [3.05, 3.63) is 94.5 Å². The van der Waals surface area contributed by atoms with Gasteiger partial charge in [0, 0.05) is 0 Å². The van der Waals surface area contributed by atoms with Gasteiger partial charge < -0.3 is 9.84 Å². The minimum atomic E-state index is -1.10. The van der Waals surface area contributed by atoms with E-state index in [0.29, 0.717) is 23.7 Å². The van der Waals surface area contributed by atoms with Crippen molar-refractivity contribution in [3.63, 3.8) is 0 Å². The molecule has 1 N–H and O–H groups in total. The van der Waals surface area contributed by atoms with Gasteiger partial charge in [0.1, 0.15) is 17.9 Å². The smallest absolute Gasteiger partial charge is 0.310 e. The van der Waals surface area contributed by atoms with Crippen molar-refractivity contribution >= 4 is 22.8 Å². The Kier molecular flexibility index (Phi) is 6.76. The number of nitrogens with zero attached hydrogens (tertiary/aromatic N) is 3. The van der Waals surface area contributed by atoms with Gasteiger partial charge in [0.05, 0.1) is 23.8 Å². The molecule has 1 fully saturated rings. The molecule has 5 rings (SSSR count). The lowest BCUT2D eigenvalue weighted by molar-refractivity contribution is -0.158. The molecule has 9 heteroatoms. The fourth-order valence-electron chi connectivity index (χ4n) is 4.99. The van der Waals surface area contributed by atoms with E-state index >= 15 is 0 Å². The molecule has 1 heterocycles. The first-order chi connectivity index (χ1) is 17.9. The first kappa shape index (κ1) is 24.3. The Morgan fingerprint density at radius 1 is 0.973 bits per heavy atom. The molecule has 3 aromatic carbocycles. The van der Waals surface area contributed by atoms with E-state index in [-0.39, 0.29) is 24.5 Å². The highest BCUT2D eigenvalue weighted by Crippen LogP contribution is 2.39. The Labute approximate surface area is 211 Å². The molecular formula is C28H24FN3O5. The third kappa shape index (κ3) is 5.11. The number of ether oxygens (including phenoxy) is 1. The van der Waals surface area contributed by atoms with Crippen molar-refractivity contribution in [3.8, 4) is 11.1 Å². The number of fused-ring (bicyclic) bond motifs is 1. The maximum atomic E-state index is 13.1. The summed E-state index contributed by atoms with van der Waals surface area (Å²) in [6, 6.07) is 20.3. The average molecular weight is 502 g/mol. The first-order valence-corrected chi connectivity index (χ1v) is 12.0. The maximum Gasteiger partial charge on any atom is 0.310 e. The number of halogens is 1. The summed E-state index contributed by atoms with van der Waals surface area (Å²) in [5, 5.41) is 18.3. The van der Waals surface area contributed by atoms with Crippen LogP contribution in [0.25, 0.3) is 22.0 Å². The monoisotopic (exact) mass is 501 g/mol. The largest absolute Gasteiger partial charge is 0.481 e. The van der Waals surface area contributed by atoms with E-state index < -0.39 is 29.7 Å². The van der Waals surface area contributed by atoms with Crippen molar-refractivity contribution in [1.29, 1.82) is 0 Å². The molecule has 1 aliphatic rings. The minimum absolute atomic E-state index is 0.00560. The van der Waals surface area contributed by atoms with Gasteiger partial charge in [0.25, 0.3) is 5.56 Å². The van der Waals surface area contributed by atoms with Gasteiger partial charge in [0.2, 0.25) is 0 Å². The van der Waals surface area contributed by atoms with Crippen LogP contribution in [0, 0.1) is 23.6 Å². The quantitative estimate of drug-likeness (QED) is 0.380. The second-order valence-electron chi connectivity index (χ2n) is 9.21. The van der Waals surface area contributed by atoms with Crippen molar-refractivity contribution < 1.29 is 23.8 Å². The zero-order valence-electron chi connectivity index (χ0n) is 19.8. The molecule has 4 aromatic rings. The zero-order valence-corrected chi connectivity index (χ0v) is 19.8. The van der Waals surface area contributed by atoms with Gasteiger partial charge >= 0.3 is 11.9 Å². The third-order valence-electron chi connectivity index (χ3n) is 6.93. The Morgan fingerprint density at radius 2 is 1.65 bits per heavy atom. The zero-order chi connectivity index (χ0) is 25.9. The van der Waals surface area contributed by atoms with Crippen LogP contribution in [0.15, 0.2) is 77.6 Å². The number of benzene rings is 3. The van der Waals surface area contributed by atoms with Gasteiger partial charge in [-0.15, -0.1) is 5.10 Å². The third-order valence-corrected chi connectivity index (χ3v) is 6.93. The highest BCUT2D eigenvalue weighted by Gasteiger charge is 2.46. The van der Waals surface area contributed by atoms with Crippen LogP contribution in [0.2, 0.25) is 0 Å². The van der Waals surface area contributed by atoms with E-state index in [1.54, 1.807) is 36.4 Å². The van der Waals surface area contributed by atoms with E-state index in [4.69, 9.17) is 4.74 Å². The molecular weight excluding hydrogens is 477 g/mol. The number of aliphatic carboxylic acids is 1. The summed E-state index contributed by atoms with van der Waals surface area (Å²) in [5.41, 5.74) is 2.63. The lowest BCUT2D eigenvalue weighted by atomic mass is 9.89. The molecule has 188 valence electrons. The van der Waals surface area contributed by atoms with E-state index in [1.165, 1.54) is 16.8 Å². The van der Waals surface area contributed by atoms with Crippen molar-refractivity contribution in [2.24, 2.45) is 17.8 Å². The van der Waals surface area contributed by atoms with Crippen LogP contribution in [-0.4, -0.2) is 32.0 Å². The summed E-state index contributed by atoms with van der Waals surface area (Å²) in [7, 11) is 0. The van der Waals surface area contributed by atoms with Crippen molar-refractivity contribution in [2.75, 3.05) is 0 Å². The number of rotatable bonds is 7. The Hall–Kier alpha value is -4.40. The summed E-state index contributed by atoms with van der Waals surface area (Å²) < 4.78 is 19.8. The molecule has 1 saturated carbocycles. The van der Waals surface area contributed by atoms with Gasteiger partial charge in [-0.1, -0.05) is 53.7 Å². The fraction of sp³-hybridized carbons (Fsp3) is 0.250. The lowest BCUT2D eigenvalue weighted by Gasteiger charge is -2.20. The van der Waals surface area contributed by atoms with Gasteiger partial charge in [-0.2, -0.15) is 0 Å². The number of hydrogen-bond acceptors (Lipinski definition) is 6. The molecule has 1 aliphatic carbocycles. The highest BCUT2D eigenvalue weighted by atomic mass is 19.1. The molecule has 37 heavy (non-hydrogen) atoms. The molecule has 0 radical (unpaired) electrons. The molecule has 8 nitrogen and oxygen atoms in total. The van der Waals surface area contributed by atoms with Crippen LogP contribution in [0.3, 0.4) is 0 Å². The van der Waals surface area contributed by atoms with Gasteiger partial charge in [-0.25, -0.2) is 9.07 Å². The van der Waals surface area contributed by atoms with Gasteiger partial charge in [-0.3, -0.25) is 14.4 Å². The van der Waals surface area contributed by atoms with E-state index in [2.05, 4.69) is 10.3 Å². The number of carbonyl (C=O) groups excluding carboxylic acids is 1. The van der Waals surface area contributed by atoms with E-state index in [9.17, 15) is 23.9 Å². The van der Waals surface area contributed by atoms with Gasteiger partial charge in [-0.05, 0) is 59.7 Å². The van der Waals surface area contributed by atoms with Crippen LogP contribution in [0.4, 0.5) is 4.39 Å². The minimum Gasteiger partial charge on any atom is -0.481 e. The second-order valence-corrected chi connectivity index (χ2v) is 9.21. The molecule has 1 aromatic heterocycles. The van der Waals surface area contributed by atoms with Crippen molar-refractivity contribution in [1.82, 2.24) is 15.0 Å².